The maximum atomic E-state index is 12.5. The number of aromatic nitrogens is 1. The number of pyridine rings is 1. The van der Waals surface area contributed by atoms with E-state index in [1.54, 1.807) is 12.1 Å². The molecular formula is C22H23N3O3S. The van der Waals surface area contributed by atoms with Crippen LogP contribution in [0.5, 0.6) is 0 Å². The van der Waals surface area contributed by atoms with Gasteiger partial charge in [-0.25, -0.2) is 8.42 Å². The van der Waals surface area contributed by atoms with Crippen LogP contribution in [0.15, 0.2) is 78.0 Å². The molecule has 0 saturated heterocycles. The first-order valence-corrected chi connectivity index (χ1v) is 10.8. The van der Waals surface area contributed by atoms with E-state index in [1.807, 2.05) is 31.2 Å². The smallest absolute Gasteiger partial charge is 0.261 e. The van der Waals surface area contributed by atoms with Gasteiger partial charge in [0.15, 0.2) is 0 Å². The molecule has 0 aliphatic rings. The summed E-state index contributed by atoms with van der Waals surface area (Å²) in [5, 5.41) is 2.94. The summed E-state index contributed by atoms with van der Waals surface area (Å²) < 4.78 is 27.4. The number of sulfonamides is 1. The van der Waals surface area contributed by atoms with E-state index >= 15 is 0 Å². The molecule has 1 heterocycles. The molecule has 29 heavy (non-hydrogen) atoms. The fourth-order valence-corrected chi connectivity index (χ4v) is 3.88. The van der Waals surface area contributed by atoms with Crippen LogP contribution >= 0.6 is 0 Å². The Morgan fingerprint density at radius 1 is 0.966 bits per heavy atom. The SMILES string of the molecule is CCc1ccc(C(C)NC(=O)c2ccc(S(=O)(=O)Nc3ccncc3)cc2)cc1. The average Bonchev–Trinajstić information content (AvgIpc) is 2.74. The van der Waals surface area contributed by atoms with Crippen molar-refractivity contribution in [3.8, 4) is 0 Å². The Morgan fingerprint density at radius 3 is 2.17 bits per heavy atom. The summed E-state index contributed by atoms with van der Waals surface area (Å²) in [5.41, 5.74) is 3.07. The Labute approximate surface area is 171 Å². The highest BCUT2D eigenvalue weighted by Crippen LogP contribution is 2.18. The summed E-state index contributed by atoms with van der Waals surface area (Å²) in [7, 11) is -3.74. The van der Waals surface area contributed by atoms with Crippen LogP contribution in [0.4, 0.5) is 5.69 Å². The van der Waals surface area contributed by atoms with Crippen molar-refractivity contribution in [1.82, 2.24) is 10.3 Å². The lowest BCUT2D eigenvalue weighted by molar-refractivity contribution is 0.0940. The summed E-state index contributed by atoms with van der Waals surface area (Å²) in [6.07, 6.45) is 3.97. The van der Waals surface area contributed by atoms with E-state index in [-0.39, 0.29) is 16.8 Å². The molecule has 1 amide bonds. The van der Waals surface area contributed by atoms with Crippen molar-refractivity contribution in [2.75, 3.05) is 4.72 Å². The third-order valence-corrected chi connectivity index (χ3v) is 5.99. The van der Waals surface area contributed by atoms with Gasteiger partial charge in [0.1, 0.15) is 0 Å². The molecule has 150 valence electrons. The van der Waals surface area contributed by atoms with E-state index < -0.39 is 10.0 Å². The number of nitrogens with one attached hydrogen (secondary N) is 2. The maximum Gasteiger partial charge on any atom is 0.261 e. The summed E-state index contributed by atoms with van der Waals surface area (Å²) >= 11 is 0. The Kier molecular flexibility index (Phi) is 6.29. The zero-order valence-corrected chi connectivity index (χ0v) is 17.1. The van der Waals surface area contributed by atoms with Crippen LogP contribution in [0, 0.1) is 0 Å². The van der Waals surface area contributed by atoms with Gasteiger partial charge in [-0.2, -0.15) is 0 Å². The van der Waals surface area contributed by atoms with Gasteiger partial charge in [-0.3, -0.25) is 14.5 Å². The predicted octanol–water partition coefficient (Wildman–Crippen LogP) is 3.94. The highest BCUT2D eigenvalue weighted by atomic mass is 32.2. The lowest BCUT2D eigenvalue weighted by Gasteiger charge is -2.15. The molecule has 0 spiro atoms. The standard InChI is InChI=1S/C22H23N3O3S/c1-3-17-4-6-18(7-5-17)16(2)24-22(26)19-8-10-21(11-9-19)29(27,28)25-20-12-14-23-15-13-20/h4-16H,3H2,1-2H3,(H,23,25)(H,24,26). The van der Waals surface area contributed by atoms with Crippen molar-refractivity contribution in [3.63, 3.8) is 0 Å². The van der Waals surface area contributed by atoms with Crippen molar-refractivity contribution < 1.29 is 13.2 Å². The second-order valence-electron chi connectivity index (χ2n) is 6.66. The molecule has 3 rings (SSSR count). The summed E-state index contributed by atoms with van der Waals surface area (Å²) in [5.74, 6) is -0.261. The number of hydrogen-bond donors (Lipinski definition) is 2. The van der Waals surface area contributed by atoms with E-state index in [0.29, 0.717) is 11.3 Å². The number of nitrogens with zero attached hydrogens (tertiary/aromatic N) is 1. The molecule has 0 bridgehead atoms. The van der Waals surface area contributed by atoms with Crippen LogP contribution in [0.2, 0.25) is 0 Å². The molecule has 3 aromatic rings. The highest BCUT2D eigenvalue weighted by molar-refractivity contribution is 7.92. The first-order chi connectivity index (χ1) is 13.9. The molecule has 1 atom stereocenters. The molecule has 0 saturated carbocycles. The van der Waals surface area contributed by atoms with Crippen molar-refractivity contribution in [2.24, 2.45) is 0 Å². The van der Waals surface area contributed by atoms with Gasteiger partial charge in [0.05, 0.1) is 16.6 Å². The quantitative estimate of drug-likeness (QED) is 0.619. The minimum atomic E-state index is -3.74. The average molecular weight is 410 g/mol. The van der Waals surface area contributed by atoms with Crippen LogP contribution < -0.4 is 10.0 Å². The number of amides is 1. The third-order valence-electron chi connectivity index (χ3n) is 4.59. The van der Waals surface area contributed by atoms with Crippen LogP contribution in [0.1, 0.15) is 41.4 Å². The Bertz CT molecular complexity index is 1060. The fourth-order valence-electron chi connectivity index (χ4n) is 2.82. The number of carbonyl (C=O) groups is 1. The van der Waals surface area contributed by atoms with Gasteiger partial charge in [-0.1, -0.05) is 31.2 Å². The van der Waals surface area contributed by atoms with Crippen LogP contribution in [-0.2, 0) is 16.4 Å². The van der Waals surface area contributed by atoms with Gasteiger partial charge in [0.25, 0.3) is 15.9 Å². The normalized spacial score (nSPS) is 12.2. The second kappa shape index (κ2) is 8.87. The summed E-state index contributed by atoms with van der Waals surface area (Å²) in [4.78, 5) is 16.5. The first-order valence-electron chi connectivity index (χ1n) is 9.31. The monoisotopic (exact) mass is 409 g/mol. The Hall–Kier alpha value is -3.19. The number of aryl methyl sites for hydroxylation is 1. The molecule has 1 unspecified atom stereocenters. The first kappa shape index (κ1) is 20.5. The molecule has 0 aliphatic heterocycles. The van der Waals surface area contributed by atoms with Gasteiger partial charge in [-0.05, 0) is 60.9 Å². The number of benzene rings is 2. The summed E-state index contributed by atoms with van der Waals surface area (Å²) in [6.45, 7) is 4.01. The lowest BCUT2D eigenvalue weighted by Crippen LogP contribution is -2.26. The van der Waals surface area contributed by atoms with Crippen LogP contribution in [0.3, 0.4) is 0 Å². The van der Waals surface area contributed by atoms with Gasteiger partial charge in [0.2, 0.25) is 0 Å². The zero-order chi connectivity index (χ0) is 20.9. The number of anilines is 1. The van der Waals surface area contributed by atoms with E-state index in [0.717, 1.165) is 12.0 Å². The van der Waals surface area contributed by atoms with Crippen molar-refractivity contribution in [2.45, 2.75) is 31.2 Å². The minimum Gasteiger partial charge on any atom is -0.346 e. The van der Waals surface area contributed by atoms with Crippen LogP contribution in [-0.4, -0.2) is 19.3 Å². The lowest BCUT2D eigenvalue weighted by atomic mass is 10.0. The van der Waals surface area contributed by atoms with Crippen molar-refractivity contribution in [1.29, 1.82) is 0 Å². The Morgan fingerprint density at radius 2 is 1.59 bits per heavy atom. The molecule has 0 aliphatic carbocycles. The molecular weight excluding hydrogens is 386 g/mol. The summed E-state index contributed by atoms with van der Waals surface area (Å²) in [6, 6.07) is 16.9. The Balaban J connectivity index is 1.67. The van der Waals surface area contributed by atoms with Gasteiger partial charge >= 0.3 is 0 Å². The molecule has 7 heteroatoms. The number of carbonyl (C=O) groups excluding carboxylic acids is 1. The van der Waals surface area contributed by atoms with Crippen molar-refractivity contribution >= 4 is 21.6 Å². The number of hydrogen-bond acceptors (Lipinski definition) is 4. The highest BCUT2D eigenvalue weighted by Gasteiger charge is 2.16. The largest absolute Gasteiger partial charge is 0.346 e. The molecule has 1 aromatic heterocycles. The molecule has 0 fully saturated rings. The molecule has 6 nitrogen and oxygen atoms in total. The fraction of sp³-hybridized carbons (Fsp3) is 0.182. The predicted molar refractivity (Wildman–Crippen MR) is 113 cm³/mol. The molecule has 2 aromatic carbocycles. The second-order valence-corrected chi connectivity index (χ2v) is 8.34. The molecule has 0 radical (unpaired) electrons. The van der Waals surface area contributed by atoms with Gasteiger partial charge in [-0.15, -0.1) is 0 Å². The van der Waals surface area contributed by atoms with E-state index in [1.165, 1.54) is 42.2 Å². The van der Waals surface area contributed by atoms with Gasteiger partial charge in [0, 0.05) is 18.0 Å². The van der Waals surface area contributed by atoms with E-state index in [2.05, 4.69) is 21.9 Å². The van der Waals surface area contributed by atoms with Crippen LogP contribution in [0.25, 0.3) is 0 Å². The minimum absolute atomic E-state index is 0.0778. The topological polar surface area (TPSA) is 88.2 Å². The van der Waals surface area contributed by atoms with Gasteiger partial charge < -0.3 is 5.32 Å². The van der Waals surface area contributed by atoms with E-state index in [9.17, 15) is 13.2 Å². The third kappa shape index (κ3) is 5.20. The van der Waals surface area contributed by atoms with E-state index in [4.69, 9.17) is 0 Å². The number of rotatable bonds is 7. The maximum absolute atomic E-state index is 12.5. The molecule has 2 N–H and O–H groups in total. The van der Waals surface area contributed by atoms with Crippen molar-refractivity contribution in [3.05, 3.63) is 89.7 Å². The zero-order valence-electron chi connectivity index (χ0n) is 16.3.